The first kappa shape index (κ1) is 13.8. The van der Waals surface area contributed by atoms with Crippen molar-refractivity contribution in [2.45, 2.75) is 38.4 Å². The molecular formula is C10H15F3N2O2. The molecule has 1 aliphatic rings. The van der Waals surface area contributed by atoms with Crippen molar-refractivity contribution in [2.75, 3.05) is 13.1 Å². The summed E-state index contributed by atoms with van der Waals surface area (Å²) in [6.07, 6.45) is -4.61. The number of alkyl halides is 3. The van der Waals surface area contributed by atoms with Gasteiger partial charge in [-0.05, 0) is 12.8 Å². The lowest BCUT2D eigenvalue weighted by Crippen LogP contribution is -2.49. The fraction of sp³-hybridized carbons (Fsp3) is 0.800. The molecule has 0 aromatic rings. The van der Waals surface area contributed by atoms with E-state index in [0.29, 0.717) is 19.4 Å². The summed E-state index contributed by atoms with van der Waals surface area (Å²) in [6.45, 7) is 1.83. The SMILES string of the molecule is CC(=O)NC1CCCN(C(=O)CC(F)(F)F)C1. The van der Waals surface area contributed by atoms with Crippen LogP contribution in [0.15, 0.2) is 0 Å². The van der Waals surface area contributed by atoms with Crippen LogP contribution in [0.2, 0.25) is 0 Å². The Kier molecular flexibility index (Phi) is 4.36. The number of nitrogens with one attached hydrogen (secondary N) is 1. The van der Waals surface area contributed by atoms with Crippen LogP contribution in [-0.4, -0.2) is 42.0 Å². The summed E-state index contributed by atoms with van der Waals surface area (Å²) in [7, 11) is 0. The third-order valence-electron chi connectivity index (χ3n) is 2.53. The second-order valence-electron chi connectivity index (χ2n) is 4.17. The second-order valence-corrected chi connectivity index (χ2v) is 4.17. The molecule has 1 heterocycles. The predicted molar refractivity (Wildman–Crippen MR) is 54.1 cm³/mol. The van der Waals surface area contributed by atoms with Gasteiger partial charge in [0.1, 0.15) is 6.42 Å². The smallest absolute Gasteiger partial charge is 0.352 e. The topological polar surface area (TPSA) is 49.4 Å². The highest BCUT2D eigenvalue weighted by Gasteiger charge is 2.35. The van der Waals surface area contributed by atoms with Gasteiger partial charge in [0.25, 0.3) is 0 Å². The molecule has 1 N–H and O–H groups in total. The van der Waals surface area contributed by atoms with Crippen LogP contribution in [0.3, 0.4) is 0 Å². The number of hydrogen-bond donors (Lipinski definition) is 1. The number of amides is 2. The van der Waals surface area contributed by atoms with E-state index >= 15 is 0 Å². The highest BCUT2D eigenvalue weighted by atomic mass is 19.4. The molecule has 7 heteroatoms. The van der Waals surface area contributed by atoms with Gasteiger partial charge in [0, 0.05) is 26.1 Å². The summed E-state index contributed by atoms with van der Waals surface area (Å²) < 4.78 is 36.2. The maximum atomic E-state index is 12.1. The van der Waals surface area contributed by atoms with Crippen molar-refractivity contribution in [3.8, 4) is 0 Å². The minimum absolute atomic E-state index is 0.161. The maximum Gasteiger partial charge on any atom is 0.397 e. The Morgan fingerprint density at radius 3 is 2.59 bits per heavy atom. The van der Waals surface area contributed by atoms with Crippen LogP contribution in [0.4, 0.5) is 13.2 Å². The Morgan fingerprint density at radius 1 is 1.41 bits per heavy atom. The molecule has 0 aromatic carbocycles. The highest BCUT2D eigenvalue weighted by molar-refractivity contribution is 5.77. The molecule has 98 valence electrons. The first-order valence-corrected chi connectivity index (χ1v) is 5.39. The molecule has 1 unspecified atom stereocenters. The monoisotopic (exact) mass is 252 g/mol. The van der Waals surface area contributed by atoms with E-state index in [0.717, 1.165) is 4.90 Å². The minimum atomic E-state index is -4.47. The zero-order chi connectivity index (χ0) is 13.1. The normalized spacial score (nSPS) is 21.2. The van der Waals surface area contributed by atoms with E-state index < -0.39 is 18.5 Å². The van der Waals surface area contributed by atoms with Crippen molar-refractivity contribution >= 4 is 11.8 Å². The first-order chi connectivity index (χ1) is 7.78. The number of carbonyl (C=O) groups excluding carboxylic acids is 2. The minimum Gasteiger partial charge on any atom is -0.352 e. The van der Waals surface area contributed by atoms with Gasteiger partial charge in [-0.15, -0.1) is 0 Å². The lowest BCUT2D eigenvalue weighted by molar-refractivity contribution is -0.162. The van der Waals surface area contributed by atoms with Gasteiger partial charge < -0.3 is 10.2 Å². The molecule has 1 rings (SSSR count). The Hall–Kier alpha value is -1.27. The van der Waals surface area contributed by atoms with Gasteiger partial charge in [-0.25, -0.2) is 0 Å². The van der Waals surface area contributed by atoms with Crippen LogP contribution >= 0.6 is 0 Å². The third-order valence-corrected chi connectivity index (χ3v) is 2.53. The quantitative estimate of drug-likeness (QED) is 0.799. The van der Waals surface area contributed by atoms with Gasteiger partial charge in [-0.3, -0.25) is 9.59 Å². The highest BCUT2D eigenvalue weighted by Crippen LogP contribution is 2.22. The summed E-state index contributed by atoms with van der Waals surface area (Å²) >= 11 is 0. The van der Waals surface area contributed by atoms with Crippen molar-refractivity contribution in [1.82, 2.24) is 10.2 Å². The molecule has 1 saturated heterocycles. The van der Waals surface area contributed by atoms with Gasteiger partial charge in [0.15, 0.2) is 0 Å². The van der Waals surface area contributed by atoms with Crippen LogP contribution in [-0.2, 0) is 9.59 Å². The molecule has 0 bridgehead atoms. The fourth-order valence-corrected chi connectivity index (χ4v) is 1.89. The zero-order valence-corrected chi connectivity index (χ0v) is 9.51. The van der Waals surface area contributed by atoms with Crippen LogP contribution in [0.25, 0.3) is 0 Å². The van der Waals surface area contributed by atoms with E-state index in [2.05, 4.69) is 5.32 Å². The van der Waals surface area contributed by atoms with Gasteiger partial charge in [0.2, 0.25) is 11.8 Å². The molecule has 0 aliphatic carbocycles. The maximum absolute atomic E-state index is 12.1. The Bertz CT molecular complexity index is 304. The van der Waals surface area contributed by atoms with Crippen LogP contribution in [0.5, 0.6) is 0 Å². The summed E-state index contributed by atoms with van der Waals surface area (Å²) in [5.74, 6) is -1.16. The van der Waals surface area contributed by atoms with Crippen molar-refractivity contribution in [1.29, 1.82) is 0 Å². The average molecular weight is 252 g/mol. The molecule has 0 aromatic heterocycles. The van der Waals surface area contributed by atoms with Crippen molar-refractivity contribution in [3.63, 3.8) is 0 Å². The summed E-state index contributed by atoms with van der Waals surface area (Å²) in [4.78, 5) is 23.3. The van der Waals surface area contributed by atoms with E-state index in [9.17, 15) is 22.8 Å². The molecule has 0 radical (unpaired) electrons. The average Bonchev–Trinajstić information content (AvgIpc) is 2.14. The second kappa shape index (κ2) is 5.37. The first-order valence-electron chi connectivity index (χ1n) is 5.39. The number of nitrogens with zero attached hydrogens (tertiary/aromatic N) is 1. The molecule has 17 heavy (non-hydrogen) atoms. The van der Waals surface area contributed by atoms with Crippen molar-refractivity contribution in [2.24, 2.45) is 0 Å². The van der Waals surface area contributed by atoms with Gasteiger partial charge in [-0.1, -0.05) is 0 Å². The van der Waals surface area contributed by atoms with Crippen LogP contribution < -0.4 is 5.32 Å². The number of halogens is 3. The van der Waals surface area contributed by atoms with E-state index in [1.165, 1.54) is 6.92 Å². The predicted octanol–water partition coefficient (Wildman–Crippen LogP) is 1.07. The Morgan fingerprint density at radius 2 is 2.06 bits per heavy atom. The molecule has 1 fully saturated rings. The van der Waals surface area contributed by atoms with E-state index in [-0.39, 0.29) is 18.5 Å². The number of rotatable bonds is 2. The van der Waals surface area contributed by atoms with Gasteiger partial charge >= 0.3 is 6.18 Å². The van der Waals surface area contributed by atoms with E-state index in [4.69, 9.17) is 0 Å². The van der Waals surface area contributed by atoms with Gasteiger partial charge in [0.05, 0.1) is 0 Å². The lowest BCUT2D eigenvalue weighted by atomic mass is 10.1. The molecule has 1 atom stereocenters. The number of carbonyl (C=O) groups is 2. The zero-order valence-electron chi connectivity index (χ0n) is 9.51. The van der Waals surface area contributed by atoms with Crippen molar-refractivity contribution in [3.05, 3.63) is 0 Å². The molecular weight excluding hydrogens is 237 g/mol. The largest absolute Gasteiger partial charge is 0.397 e. The van der Waals surface area contributed by atoms with E-state index in [1.807, 2.05) is 0 Å². The standard InChI is InChI=1S/C10H15F3N2O2/c1-7(16)14-8-3-2-4-15(6-8)9(17)5-10(11,12)13/h8H,2-6H2,1H3,(H,14,16). The summed E-state index contributed by atoms with van der Waals surface area (Å²) in [5, 5.41) is 2.62. The van der Waals surface area contributed by atoms with E-state index in [1.54, 1.807) is 0 Å². The number of likely N-dealkylation sites (tertiary alicyclic amines) is 1. The Labute approximate surface area is 97.1 Å². The molecule has 2 amide bonds. The van der Waals surface area contributed by atoms with Crippen LogP contribution in [0, 0.1) is 0 Å². The number of hydrogen-bond acceptors (Lipinski definition) is 2. The molecule has 4 nitrogen and oxygen atoms in total. The van der Waals surface area contributed by atoms with Crippen LogP contribution in [0.1, 0.15) is 26.2 Å². The summed E-state index contributed by atoms with van der Waals surface area (Å²) in [6, 6.07) is -0.238. The lowest BCUT2D eigenvalue weighted by Gasteiger charge is -2.33. The summed E-state index contributed by atoms with van der Waals surface area (Å²) in [5.41, 5.74) is 0. The van der Waals surface area contributed by atoms with Gasteiger partial charge in [-0.2, -0.15) is 13.2 Å². The molecule has 1 aliphatic heterocycles. The molecule has 0 saturated carbocycles. The Balaban J connectivity index is 2.49. The number of piperidine rings is 1. The fourth-order valence-electron chi connectivity index (χ4n) is 1.89. The van der Waals surface area contributed by atoms with Crippen molar-refractivity contribution < 1.29 is 22.8 Å². The third kappa shape index (κ3) is 5.06. The molecule has 0 spiro atoms.